The molecule has 0 spiro atoms. The van der Waals surface area contributed by atoms with E-state index in [2.05, 4.69) is 4.98 Å². The first-order chi connectivity index (χ1) is 15.0. The second-order valence-electron chi connectivity index (χ2n) is 12.1. The summed E-state index contributed by atoms with van der Waals surface area (Å²) in [6.45, 7) is 18.4. The van der Waals surface area contributed by atoms with Gasteiger partial charge in [0.25, 0.3) is 5.56 Å². The van der Waals surface area contributed by atoms with Crippen molar-refractivity contribution in [3.8, 4) is 0 Å². The minimum Gasteiger partial charge on any atom is -0.413 e. The molecule has 0 saturated carbocycles. The number of ether oxygens (including phenoxy) is 1. The predicted octanol–water partition coefficient (Wildman–Crippen LogP) is 5.17. The molecule has 34 heavy (non-hydrogen) atoms. The third kappa shape index (κ3) is 5.61. The summed E-state index contributed by atoms with van der Waals surface area (Å²) in [6.07, 6.45) is -6.55. The number of hydrogen-bond acceptors (Lipinski definition) is 5. The largest absolute Gasteiger partial charge is 0.422 e. The zero-order valence-corrected chi connectivity index (χ0v) is 23.8. The van der Waals surface area contributed by atoms with E-state index in [1.807, 2.05) is 67.7 Å². The van der Waals surface area contributed by atoms with Crippen LogP contribution in [0.15, 0.2) is 21.9 Å². The van der Waals surface area contributed by atoms with Crippen LogP contribution in [0.2, 0.25) is 36.3 Å². The number of rotatable bonds is 6. The Labute approximate surface area is 201 Å². The molecule has 7 nitrogen and oxygen atoms in total. The Kier molecular flexibility index (Phi) is 7.70. The van der Waals surface area contributed by atoms with Gasteiger partial charge in [0.2, 0.25) is 5.60 Å². The molecule has 0 radical (unpaired) electrons. The highest BCUT2D eigenvalue weighted by molar-refractivity contribution is 6.74. The van der Waals surface area contributed by atoms with Crippen LogP contribution in [0, 0.1) is 0 Å². The molecule has 2 rings (SSSR count). The van der Waals surface area contributed by atoms with E-state index in [1.165, 1.54) is 0 Å². The molecule has 3 atom stereocenters. The highest BCUT2D eigenvalue weighted by atomic mass is 28.4. The van der Waals surface area contributed by atoms with Crippen molar-refractivity contribution in [3.63, 3.8) is 0 Å². The maximum atomic E-state index is 14.9. The van der Waals surface area contributed by atoms with Gasteiger partial charge in [0.1, 0.15) is 6.23 Å². The number of H-pyrrole nitrogens is 1. The summed E-state index contributed by atoms with van der Waals surface area (Å²) < 4.78 is 63.6. The summed E-state index contributed by atoms with van der Waals surface area (Å²) in [5, 5.41) is -0.666. The second-order valence-corrected chi connectivity index (χ2v) is 21.7. The van der Waals surface area contributed by atoms with Crippen molar-refractivity contribution in [2.45, 2.75) is 108 Å². The molecule has 1 N–H and O–H groups in total. The molecular weight excluding hydrogens is 485 g/mol. The Hall–Kier alpha value is -1.22. The van der Waals surface area contributed by atoms with Gasteiger partial charge in [-0.05, 0) is 36.3 Å². The molecule has 0 unspecified atom stereocenters. The van der Waals surface area contributed by atoms with Crippen LogP contribution >= 0.6 is 0 Å². The number of nitrogens with zero attached hydrogens (tertiary/aromatic N) is 1. The van der Waals surface area contributed by atoms with Crippen LogP contribution in [0.3, 0.4) is 0 Å². The lowest BCUT2D eigenvalue weighted by Gasteiger charge is -2.45. The van der Waals surface area contributed by atoms with Crippen molar-refractivity contribution in [2.24, 2.45) is 0 Å². The van der Waals surface area contributed by atoms with Crippen LogP contribution in [0.5, 0.6) is 0 Å². The van der Waals surface area contributed by atoms with E-state index >= 15 is 0 Å². The molecule has 1 saturated heterocycles. The van der Waals surface area contributed by atoms with Gasteiger partial charge in [-0.3, -0.25) is 14.3 Å². The van der Waals surface area contributed by atoms with Gasteiger partial charge in [0.05, 0.1) is 12.7 Å². The maximum absolute atomic E-state index is 14.9. The predicted molar refractivity (Wildman–Crippen MR) is 130 cm³/mol. The van der Waals surface area contributed by atoms with Crippen molar-refractivity contribution >= 4 is 16.6 Å². The summed E-state index contributed by atoms with van der Waals surface area (Å²) in [5.74, 6) is 0. The summed E-state index contributed by atoms with van der Waals surface area (Å²) in [6, 6.07) is 1.08. The molecule has 0 aromatic carbocycles. The highest BCUT2D eigenvalue weighted by Gasteiger charge is 2.68. The van der Waals surface area contributed by atoms with Gasteiger partial charge in [0.15, 0.2) is 16.6 Å². The third-order valence-electron chi connectivity index (χ3n) is 7.62. The fourth-order valence-corrected chi connectivity index (χ4v) is 5.56. The molecule has 0 amide bonds. The van der Waals surface area contributed by atoms with Gasteiger partial charge in [-0.15, -0.1) is 0 Å². The molecule has 0 aliphatic carbocycles. The standard InChI is InChI=1S/C22H39F3N2O5Si2/c1-19(2,3)33(7,8)30-14-21(22(23,24)25)15(32-34(9,10)20(4,5)6)13-17(31-21)27-12-11-16(28)26-18(27)29/h11-12,15,17H,13-14H2,1-10H3,(H,26,28,29)/t15-,17+,21+/m0/s1. The Morgan fingerprint density at radius 1 is 1.06 bits per heavy atom. The number of alkyl halides is 3. The van der Waals surface area contributed by atoms with Gasteiger partial charge >= 0.3 is 11.9 Å². The van der Waals surface area contributed by atoms with Crippen molar-refractivity contribution in [2.75, 3.05) is 6.61 Å². The van der Waals surface area contributed by atoms with Crippen LogP contribution in [0.1, 0.15) is 54.2 Å². The lowest BCUT2D eigenvalue weighted by Crippen LogP contribution is -2.61. The molecule has 2 heterocycles. The van der Waals surface area contributed by atoms with Crippen LogP contribution in [-0.2, 0) is 13.6 Å². The fourth-order valence-electron chi connectivity index (χ4n) is 3.20. The lowest BCUT2D eigenvalue weighted by atomic mass is 9.97. The zero-order chi connectivity index (χ0) is 26.5. The van der Waals surface area contributed by atoms with Crippen molar-refractivity contribution in [1.29, 1.82) is 0 Å². The SMILES string of the molecule is CC(C)(C)[Si](C)(C)OC[C@@]1(C(F)(F)F)O[C@@H](n2ccc(=O)[nH]c2=O)C[C@@H]1O[Si](C)(C)C(C)(C)C. The van der Waals surface area contributed by atoms with Crippen LogP contribution in [0.4, 0.5) is 13.2 Å². The van der Waals surface area contributed by atoms with Crippen LogP contribution in [0.25, 0.3) is 0 Å². The van der Waals surface area contributed by atoms with E-state index in [0.717, 1.165) is 16.8 Å². The first-order valence-corrected chi connectivity index (χ1v) is 17.2. The topological polar surface area (TPSA) is 82.5 Å². The first kappa shape index (κ1) is 29.0. The van der Waals surface area contributed by atoms with E-state index < -0.39 is 58.6 Å². The molecule has 1 aromatic heterocycles. The molecular formula is C22H39F3N2O5Si2. The number of nitrogens with one attached hydrogen (secondary N) is 1. The number of aromatic amines is 1. The summed E-state index contributed by atoms with van der Waals surface area (Å²) >= 11 is 0. The van der Waals surface area contributed by atoms with Crippen molar-refractivity contribution < 1.29 is 26.8 Å². The number of halogens is 3. The minimum absolute atomic E-state index is 0.209. The molecule has 12 heteroatoms. The van der Waals surface area contributed by atoms with Gasteiger partial charge in [-0.25, -0.2) is 4.79 Å². The third-order valence-corrected chi connectivity index (χ3v) is 16.6. The smallest absolute Gasteiger partial charge is 0.413 e. The lowest BCUT2D eigenvalue weighted by molar-refractivity contribution is -0.302. The summed E-state index contributed by atoms with van der Waals surface area (Å²) in [5.41, 5.74) is -4.25. The second kappa shape index (κ2) is 9.02. The first-order valence-electron chi connectivity index (χ1n) is 11.4. The van der Waals surface area contributed by atoms with E-state index in [0.29, 0.717) is 0 Å². The van der Waals surface area contributed by atoms with Crippen molar-refractivity contribution in [1.82, 2.24) is 9.55 Å². The average molecular weight is 525 g/mol. The summed E-state index contributed by atoms with van der Waals surface area (Å²) in [7, 11) is -5.25. The maximum Gasteiger partial charge on any atom is 0.422 e. The number of aromatic nitrogens is 2. The Morgan fingerprint density at radius 3 is 2.03 bits per heavy atom. The molecule has 1 fully saturated rings. The average Bonchev–Trinajstić information content (AvgIpc) is 2.96. The van der Waals surface area contributed by atoms with Gasteiger partial charge in [-0.2, -0.15) is 13.2 Å². The summed E-state index contributed by atoms with van der Waals surface area (Å²) in [4.78, 5) is 25.9. The van der Waals surface area contributed by atoms with Crippen molar-refractivity contribution in [3.05, 3.63) is 33.1 Å². The molecule has 0 bridgehead atoms. The van der Waals surface area contributed by atoms with Crippen LogP contribution in [-0.4, -0.2) is 50.7 Å². The fraction of sp³-hybridized carbons (Fsp3) is 0.818. The molecule has 1 aromatic rings. The minimum atomic E-state index is -4.83. The Morgan fingerprint density at radius 2 is 1.59 bits per heavy atom. The van der Waals surface area contributed by atoms with Crippen LogP contribution < -0.4 is 11.2 Å². The van der Waals surface area contributed by atoms with Gasteiger partial charge in [0, 0.05) is 18.7 Å². The quantitative estimate of drug-likeness (QED) is 0.519. The molecule has 1 aliphatic heterocycles. The highest BCUT2D eigenvalue weighted by Crippen LogP contribution is 2.51. The van der Waals surface area contributed by atoms with E-state index in [4.69, 9.17) is 13.6 Å². The monoisotopic (exact) mass is 524 g/mol. The van der Waals surface area contributed by atoms with Gasteiger partial charge < -0.3 is 13.6 Å². The normalized spacial score (nSPS) is 25.1. The zero-order valence-electron chi connectivity index (χ0n) is 21.8. The van der Waals surface area contributed by atoms with E-state index in [9.17, 15) is 22.8 Å². The number of hydrogen-bond donors (Lipinski definition) is 1. The molecule has 196 valence electrons. The van der Waals surface area contributed by atoms with E-state index in [-0.39, 0.29) is 16.5 Å². The Bertz CT molecular complexity index is 992. The Balaban J connectivity index is 2.60. The van der Waals surface area contributed by atoms with E-state index in [1.54, 1.807) is 0 Å². The molecule has 1 aliphatic rings. The van der Waals surface area contributed by atoms with Gasteiger partial charge in [-0.1, -0.05) is 41.5 Å².